The minimum Gasteiger partial charge on any atom is -0.496 e. The Labute approximate surface area is 113 Å². The van der Waals surface area contributed by atoms with Crippen LogP contribution in [0.25, 0.3) is 0 Å². The number of aromatic amines is 1. The molecule has 0 amide bonds. The summed E-state index contributed by atoms with van der Waals surface area (Å²) in [5, 5.41) is 16.5. The molecule has 0 aliphatic rings. The summed E-state index contributed by atoms with van der Waals surface area (Å²) < 4.78 is 6.01. The zero-order chi connectivity index (χ0) is 13.1. The van der Waals surface area contributed by atoms with Gasteiger partial charge in [0.2, 0.25) is 0 Å². The monoisotopic (exact) mass is 311 g/mol. The molecule has 2 aromatic rings. The summed E-state index contributed by atoms with van der Waals surface area (Å²) in [6.07, 6.45) is 1.33. The maximum absolute atomic E-state index is 10.1. The Balaban J connectivity index is 2.15. The SMILES string of the molecule is COc1ccc(CC(O)c2cn[nH]c2N)cc1Br. The first-order valence-electron chi connectivity index (χ1n) is 5.41. The van der Waals surface area contributed by atoms with Crippen LogP contribution in [-0.2, 0) is 6.42 Å². The summed E-state index contributed by atoms with van der Waals surface area (Å²) >= 11 is 3.41. The maximum Gasteiger partial charge on any atom is 0.133 e. The van der Waals surface area contributed by atoms with E-state index in [1.165, 1.54) is 0 Å². The number of H-pyrrole nitrogens is 1. The van der Waals surface area contributed by atoms with E-state index >= 15 is 0 Å². The Morgan fingerprint density at radius 2 is 2.33 bits per heavy atom. The number of aliphatic hydroxyl groups excluding tert-OH is 1. The van der Waals surface area contributed by atoms with E-state index in [9.17, 15) is 5.11 Å². The molecule has 0 saturated heterocycles. The van der Waals surface area contributed by atoms with Crippen molar-refractivity contribution in [3.8, 4) is 5.75 Å². The molecule has 18 heavy (non-hydrogen) atoms. The minimum atomic E-state index is -0.677. The molecule has 5 nitrogen and oxygen atoms in total. The topological polar surface area (TPSA) is 84.2 Å². The van der Waals surface area contributed by atoms with Crippen molar-refractivity contribution < 1.29 is 9.84 Å². The molecule has 0 radical (unpaired) electrons. The second-order valence-corrected chi connectivity index (χ2v) is 4.78. The number of benzene rings is 1. The molecular formula is C12H14BrN3O2. The van der Waals surface area contributed by atoms with Gasteiger partial charge in [-0.05, 0) is 33.6 Å². The number of hydrogen-bond donors (Lipinski definition) is 3. The second-order valence-electron chi connectivity index (χ2n) is 3.93. The summed E-state index contributed by atoms with van der Waals surface area (Å²) in [7, 11) is 1.61. The number of rotatable bonds is 4. The van der Waals surface area contributed by atoms with Crippen molar-refractivity contribution in [3.05, 3.63) is 40.0 Å². The van der Waals surface area contributed by atoms with E-state index < -0.39 is 6.10 Å². The second kappa shape index (κ2) is 5.41. The van der Waals surface area contributed by atoms with Gasteiger partial charge in [-0.15, -0.1) is 0 Å². The third kappa shape index (κ3) is 2.65. The molecule has 1 atom stereocenters. The standard InChI is InChI=1S/C12H14BrN3O2/c1-18-11-3-2-7(4-9(11)13)5-10(17)8-6-15-16-12(8)14/h2-4,6,10,17H,5H2,1H3,(H3,14,15,16). The Bertz CT molecular complexity index is 542. The van der Waals surface area contributed by atoms with Gasteiger partial charge in [-0.25, -0.2) is 0 Å². The summed E-state index contributed by atoms with van der Waals surface area (Å²) in [5.74, 6) is 1.16. The van der Waals surface area contributed by atoms with Crippen molar-refractivity contribution in [3.63, 3.8) is 0 Å². The highest BCUT2D eigenvalue weighted by Gasteiger charge is 2.14. The van der Waals surface area contributed by atoms with Gasteiger partial charge in [0, 0.05) is 12.0 Å². The molecule has 1 aromatic carbocycles. The summed E-state index contributed by atoms with van der Waals surface area (Å²) in [6, 6.07) is 5.67. The number of anilines is 1. The molecule has 6 heteroatoms. The average Bonchev–Trinajstić information content (AvgIpc) is 2.76. The molecule has 4 N–H and O–H groups in total. The van der Waals surface area contributed by atoms with Gasteiger partial charge in [-0.3, -0.25) is 5.10 Å². The predicted molar refractivity (Wildman–Crippen MR) is 72.4 cm³/mol. The van der Waals surface area contributed by atoms with Crippen LogP contribution >= 0.6 is 15.9 Å². The average molecular weight is 312 g/mol. The molecule has 0 spiro atoms. The van der Waals surface area contributed by atoms with Crippen molar-refractivity contribution in [2.24, 2.45) is 0 Å². The first-order chi connectivity index (χ1) is 8.61. The van der Waals surface area contributed by atoms with Gasteiger partial charge >= 0.3 is 0 Å². The number of nitrogens with two attached hydrogens (primary N) is 1. The smallest absolute Gasteiger partial charge is 0.133 e. The van der Waals surface area contributed by atoms with Crippen LogP contribution in [0.2, 0.25) is 0 Å². The lowest BCUT2D eigenvalue weighted by Crippen LogP contribution is -2.04. The van der Waals surface area contributed by atoms with Crippen LogP contribution in [0.5, 0.6) is 5.75 Å². The Hall–Kier alpha value is -1.53. The molecule has 1 heterocycles. The van der Waals surface area contributed by atoms with Crippen molar-refractivity contribution in [2.45, 2.75) is 12.5 Å². The van der Waals surface area contributed by atoms with Gasteiger partial charge in [0.15, 0.2) is 0 Å². The van der Waals surface area contributed by atoms with Crippen molar-refractivity contribution in [1.82, 2.24) is 10.2 Å². The number of halogens is 1. The molecule has 1 aromatic heterocycles. The van der Waals surface area contributed by atoms with Crippen LogP contribution in [0, 0.1) is 0 Å². The molecule has 0 aliphatic heterocycles. The highest BCUT2D eigenvalue weighted by Crippen LogP contribution is 2.28. The molecule has 2 rings (SSSR count). The number of methoxy groups -OCH3 is 1. The molecule has 96 valence electrons. The van der Waals surface area contributed by atoms with Crippen LogP contribution in [0.4, 0.5) is 5.82 Å². The highest BCUT2D eigenvalue weighted by atomic mass is 79.9. The molecule has 0 saturated carbocycles. The Kier molecular flexibility index (Phi) is 3.88. The lowest BCUT2D eigenvalue weighted by atomic mass is 10.0. The number of nitrogens with zero attached hydrogens (tertiary/aromatic N) is 1. The van der Waals surface area contributed by atoms with Gasteiger partial charge in [-0.1, -0.05) is 6.07 Å². The number of nitrogen functional groups attached to an aromatic ring is 1. The Morgan fingerprint density at radius 1 is 1.56 bits per heavy atom. The number of nitrogens with one attached hydrogen (secondary N) is 1. The van der Waals surface area contributed by atoms with Crippen LogP contribution in [0.3, 0.4) is 0 Å². The summed E-state index contributed by atoms with van der Waals surface area (Å²) in [4.78, 5) is 0. The fraction of sp³-hybridized carbons (Fsp3) is 0.250. The van der Waals surface area contributed by atoms with Crippen molar-refractivity contribution in [1.29, 1.82) is 0 Å². The van der Waals surface area contributed by atoms with Gasteiger partial charge in [0.05, 0.1) is 23.9 Å². The van der Waals surface area contributed by atoms with Crippen LogP contribution in [-0.4, -0.2) is 22.4 Å². The number of hydrogen-bond acceptors (Lipinski definition) is 4. The Morgan fingerprint density at radius 3 is 2.89 bits per heavy atom. The van der Waals surface area contributed by atoms with E-state index in [0.717, 1.165) is 15.8 Å². The third-order valence-corrected chi connectivity index (χ3v) is 3.32. The normalized spacial score (nSPS) is 12.4. The van der Waals surface area contributed by atoms with Gasteiger partial charge in [-0.2, -0.15) is 5.10 Å². The van der Waals surface area contributed by atoms with Gasteiger partial charge < -0.3 is 15.6 Å². The fourth-order valence-corrected chi connectivity index (χ4v) is 2.33. The zero-order valence-electron chi connectivity index (χ0n) is 9.85. The first-order valence-corrected chi connectivity index (χ1v) is 6.20. The van der Waals surface area contributed by atoms with E-state index in [1.807, 2.05) is 18.2 Å². The highest BCUT2D eigenvalue weighted by molar-refractivity contribution is 9.10. The fourth-order valence-electron chi connectivity index (χ4n) is 1.74. The van der Waals surface area contributed by atoms with E-state index in [1.54, 1.807) is 13.3 Å². The number of aliphatic hydroxyl groups is 1. The molecule has 1 unspecified atom stereocenters. The lowest BCUT2D eigenvalue weighted by molar-refractivity contribution is 0.179. The van der Waals surface area contributed by atoms with Crippen molar-refractivity contribution in [2.75, 3.05) is 12.8 Å². The predicted octanol–water partition coefficient (Wildman–Crippen LogP) is 2.04. The molecule has 0 bridgehead atoms. The maximum atomic E-state index is 10.1. The van der Waals surface area contributed by atoms with Gasteiger partial charge in [0.25, 0.3) is 0 Å². The number of aromatic nitrogens is 2. The van der Waals surface area contributed by atoms with Gasteiger partial charge in [0.1, 0.15) is 11.6 Å². The van der Waals surface area contributed by atoms with Crippen LogP contribution in [0.1, 0.15) is 17.2 Å². The third-order valence-electron chi connectivity index (χ3n) is 2.70. The van der Waals surface area contributed by atoms with E-state index in [4.69, 9.17) is 10.5 Å². The zero-order valence-corrected chi connectivity index (χ0v) is 11.4. The lowest BCUT2D eigenvalue weighted by Gasteiger charge is -2.11. The van der Waals surface area contributed by atoms with Crippen LogP contribution < -0.4 is 10.5 Å². The minimum absolute atomic E-state index is 0.398. The summed E-state index contributed by atoms with van der Waals surface area (Å²) in [6.45, 7) is 0. The van der Waals surface area contributed by atoms with Crippen molar-refractivity contribution >= 4 is 21.7 Å². The molecule has 0 fully saturated rings. The number of ether oxygens (including phenoxy) is 1. The van der Waals surface area contributed by atoms with E-state index in [-0.39, 0.29) is 0 Å². The van der Waals surface area contributed by atoms with E-state index in [0.29, 0.717) is 17.8 Å². The largest absolute Gasteiger partial charge is 0.496 e. The first kappa shape index (κ1) is 12.9. The summed E-state index contributed by atoms with van der Waals surface area (Å²) in [5.41, 5.74) is 7.26. The molecule has 0 aliphatic carbocycles. The molecular weight excluding hydrogens is 298 g/mol. The van der Waals surface area contributed by atoms with E-state index in [2.05, 4.69) is 26.1 Å². The van der Waals surface area contributed by atoms with Crippen LogP contribution in [0.15, 0.2) is 28.9 Å². The quantitative estimate of drug-likeness (QED) is 0.806.